The molecule has 0 N–H and O–H groups in total. The molecular weight excluding hydrogens is 428 g/mol. The van der Waals surface area contributed by atoms with E-state index in [9.17, 15) is 17.6 Å². The van der Waals surface area contributed by atoms with E-state index in [0.29, 0.717) is 12.0 Å². The first-order valence-electron chi connectivity index (χ1n) is 13.1. The van der Waals surface area contributed by atoms with Crippen molar-refractivity contribution >= 4 is 8.80 Å². The Balaban J connectivity index is 1.29. The first kappa shape index (κ1) is 25.8. The molecule has 0 atom stereocenters. The van der Waals surface area contributed by atoms with Crippen LogP contribution < -0.4 is 0 Å². The third kappa shape index (κ3) is 7.88. The van der Waals surface area contributed by atoms with Crippen molar-refractivity contribution in [1.29, 1.82) is 0 Å². The molecule has 1 aliphatic carbocycles. The summed E-state index contributed by atoms with van der Waals surface area (Å²) in [5.41, 5.74) is -0.489. The largest absolute Gasteiger partial charge is 0.419 e. The normalized spacial score (nSPS) is 23.5. The van der Waals surface area contributed by atoms with Gasteiger partial charge in [-0.05, 0) is 61.1 Å². The summed E-state index contributed by atoms with van der Waals surface area (Å²) in [5.74, 6) is 1.61. The van der Waals surface area contributed by atoms with Crippen LogP contribution >= 0.6 is 0 Å². The van der Waals surface area contributed by atoms with Crippen LogP contribution in [0.1, 0.15) is 95.1 Å². The van der Waals surface area contributed by atoms with Crippen molar-refractivity contribution in [3.63, 3.8) is 0 Å². The standard InChI is InChI=1S/C27H41F4Si/c1-2-3-6-17-32-18-15-24(16-19-32)23-12-9-21(10-13-23)7-4-5-8-22-11-14-25(26(28)20-22)27(29,30)31/h11,14,20-21,23-24H,2-10,12-13,15-19H2,1H3. The zero-order chi connectivity index (χ0) is 23.0. The van der Waals surface area contributed by atoms with Gasteiger partial charge in [-0.25, -0.2) is 4.39 Å². The number of hydrogen-bond acceptors (Lipinski definition) is 0. The monoisotopic (exact) mass is 469 g/mol. The Kier molecular flexibility index (Phi) is 10.1. The predicted molar refractivity (Wildman–Crippen MR) is 127 cm³/mol. The van der Waals surface area contributed by atoms with Crippen LogP contribution in [0.4, 0.5) is 17.6 Å². The van der Waals surface area contributed by atoms with E-state index >= 15 is 0 Å². The van der Waals surface area contributed by atoms with Gasteiger partial charge in [-0.15, -0.1) is 0 Å². The van der Waals surface area contributed by atoms with Crippen LogP contribution in [0.25, 0.3) is 0 Å². The van der Waals surface area contributed by atoms with E-state index in [2.05, 4.69) is 6.92 Å². The molecule has 2 fully saturated rings. The van der Waals surface area contributed by atoms with Crippen molar-refractivity contribution in [2.45, 2.75) is 115 Å². The van der Waals surface area contributed by atoms with Crippen LogP contribution in [-0.2, 0) is 12.6 Å². The third-order valence-corrected chi connectivity index (χ3v) is 11.1. The van der Waals surface area contributed by atoms with Gasteiger partial charge < -0.3 is 0 Å². The van der Waals surface area contributed by atoms with Gasteiger partial charge in [0, 0.05) is 8.80 Å². The van der Waals surface area contributed by atoms with Gasteiger partial charge in [-0.2, -0.15) is 13.2 Å². The van der Waals surface area contributed by atoms with Gasteiger partial charge >= 0.3 is 6.18 Å². The molecular formula is C27H41F4Si. The molecule has 1 saturated carbocycles. The highest BCUT2D eigenvalue weighted by molar-refractivity contribution is 6.58. The summed E-state index contributed by atoms with van der Waals surface area (Å²) in [6.07, 6.45) is 12.0. The topological polar surface area (TPSA) is 0 Å². The van der Waals surface area contributed by atoms with Crippen LogP contribution in [0.15, 0.2) is 18.2 Å². The number of aryl methyl sites for hydroxylation is 1. The Morgan fingerprint density at radius 3 is 2.19 bits per heavy atom. The number of hydrogen-bond donors (Lipinski definition) is 0. The maximum absolute atomic E-state index is 13.7. The number of halogens is 4. The molecule has 1 aromatic carbocycles. The predicted octanol–water partition coefficient (Wildman–Crippen LogP) is 9.46. The summed E-state index contributed by atoms with van der Waals surface area (Å²) in [6.45, 7) is 2.30. The fraction of sp³-hybridized carbons (Fsp3) is 0.778. The van der Waals surface area contributed by atoms with E-state index in [0.717, 1.165) is 42.7 Å². The number of rotatable bonds is 10. The Hall–Kier alpha value is -0.843. The molecule has 1 aromatic rings. The minimum Gasteiger partial charge on any atom is -0.206 e. The second kappa shape index (κ2) is 12.6. The Bertz CT molecular complexity index is 671. The van der Waals surface area contributed by atoms with E-state index in [1.54, 1.807) is 18.1 Å². The van der Waals surface area contributed by atoms with E-state index in [1.165, 1.54) is 70.3 Å². The zero-order valence-electron chi connectivity index (χ0n) is 19.8. The molecule has 0 spiro atoms. The van der Waals surface area contributed by atoms with Crippen LogP contribution in [0, 0.1) is 23.6 Å². The first-order chi connectivity index (χ1) is 15.4. The van der Waals surface area contributed by atoms with Crippen molar-refractivity contribution < 1.29 is 17.6 Å². The molecule has 1 heterocycles. The Morgan fingerprint density at radius 1 is 0.875 bits per heavy atom. The summed E-state index contributed by atoms with van der Waals surface area (Å²) in [6, 6.07) is 8.04. The molecule has 3 rings (SSSR count). The third-order valence-electron chi connectivity index (χ3n) is 8.10. The van der Waals surface area contributed by atoms with E-state index < -0.39 is 17.6 Å². The molecule has 181 valence electrons. The highest BCUT2D eigenvalue weighted by atomic mass is 28.3. The SMILES string of the molecule is CCCCC[Si]1CCC(C2CCC(CCCCc3ccc(C(F)(F)F)c(F)c3)CC2)CC1. The van der Waals surface area contributed by atoms with Crippen molar-refractivity contribution in [2.75, 3.05) is 0 Å². The maximum atomic E-state index is 13.7. The fourth-order valence-electron chi connectivity index (χ4n) is 6.05. The van der Waals surface area contributed by atoms with Crippen LogP contribution in [0.2, 0.25) is 18.1 Å². The zero-order valence-corrected chi connectivity index (χ0v) is 20.8. The summed E-state index contributed by atoms with van der Waals surface area (Å²) in [5, 5.41) is 0. The number of unbranched alkanes of at least 4 members (excludes halogenated alkanes) is 3. The second-order valence-electron chi connectivity index (χ2n) is 10.4. The smallest absolute Gasteiger partial charge is 0.206 e. The highest BCUT2D eigenvalue weighted by Crippen LogP contribution is 2.42. The van der Waals surface area contributed by atoms with Gasteiger partial charge in [-0.3, -0.25) is 0 Å². The lowest BCUT2D eigenvalue weighted by molar-refractivity contribution is -0.140. The Labute approximate surface area is 194 Å². The van der Waals surface area contributed by atoms with E-state index in [-0.39, 0.29) is 8.80 Å². The lowest BCUT2D eigenvalue weighted by Gasteiger charge is -2.37. The lowest BCUT2D eigenvalue weighted by atomic mass is 9.73. The summed E-state index contributed by atoms with van der Waals surface area (Å²) >= 11 is 0. The van der Waals surface area contributed by atoms with Crippen molar-refractivity contribution in [2.24, 2.45) is 17.8 Å². The van der Waals surface area contributed by atoms with Crippen molar-refractivity contribution in [3.05, 3.63) is 35.1 Å². The number of alkyl halides is 3. The Morgan fingerprint density at radius 2 is 1.56 bits per heavy atom. The molecule has 0 aromatic heterocycles. The summed E-state index contributed by atoms with van der Waals surface area (Å²) in [7, 11) is -0.0302. The fourth-order valence-corrected chi connectivity index (χ4v) is 9.11. The molecule has 0 amide bonds. The van der Waals surface area contributed by atoms with Gasteiger partial charge in [0.15, 0.2) is 0 Å². The summed E-state index contributed by atoms with van der Waals surface area (Å²) in [4.78, 5) is 0. The average molecular weight is 470 g/mol. The van der Waals surface area contributed by atoms with Gasteiger partial charge in [-0.1, -0.05) is 88.9 Å². The van der Waals surface area contributed by atoms with Gasteiger partial charge in [0.05, 0.1) is 5.56 Å². The van der Waals surface area contributed by atoms with Gasteiger partial charge in [0.2, 0.25) is 0 Å². The molecule has 32 heavy (non-hydrogen) atoms. The second-order valence-corrected chi connectivity index (χ2v) is 13.4. The van der Waals surface area contributed by atoms with Crippen LogP contribution in [0.3, 0.4) is 0 Å². The molecule has 5 heteroatoms. The lowest BCUT2D eigenvalue weighted by Crippen LogP contribution is -2.28. The van der Waals surface area contributed by atoms with Crippen LogP contribution in [-0.4, -0.2) is 8.80 Å². The molecule has 0 unspecified atom stereocenters. The molecule has 0 bridgehead atoms. The molecule has 1 radical (unpaired) electrons. The molecule has 2 aliphatic rings. The molecule has 0 nitrogen and oxygen atoms in total. The summed E-state index contributed by atoms with van der Waals surface area (Å²) < 4.78 is 51.7. The van der Waals surface area contributed by atoms with Gasteiger partial charge in [0.1, 0.15) is 5.82 Å². The quantitative estimate of drug-likeness (QED) is 0.182. The maximum Gasteiger partial charge on any atom is 0.419 e. The highest BCUT2D eigenvalue weighted by Gasteiger charge is 2.34. The van der Waals surface area contributed by atoms with E-state index in [4.69, 9.17) is 0 Å². The van der Waals surface area contributed by atoms with Crippen molar-refractivity contribution in [1.82, 2.24) is 0 Å². The number of benzene rings is 1. The van der Waals surface area contributed by atoms with Crippen molar-refractivity contribution in [3.8, 4) is 0 Å². The average Bonchev–Trinajstić information content (AvgIpc) is 2.77. The minimum absolute atomic E-state index is 0.0302. The van der Waals surface area contributed by atoms with Crippen LogP contribution in [0.5, 0.6) is 0 Å². The van der Waals surface area contributed by atoms with E-state index in [1.807, 2.05) is 0 Å². The molecule has 1 aliphatic heterocycles. The first-order valence-corrected chi connectivity index (χ1v) is 15.2. The molecule has 1 saturated heterocycles. The van der Waals surface area contributed by atoms with Gasteiger partial charge in [0.25, 0.3) is 0 Å². The minimum atomic E-state index is -4.61.